The Kier molecular flexibility index (Phi) is 5.16. The SMILES string of the molecule is NCC(=O)Nc1nc(CN2CCN(c3ccccn3)CC2)cs1. The summed E-state index contributed by atoms with van der Waals surface area (Å²) in [6.45, 7) is 4.63. The van der Waals surface area contributed by atoms with Gasteiger partial charge in [-0.05, 0) is 12.1 Å². The summed E-state index contributed by atoms with van der Waals surface area (Å²) in [5, 5.41) is 5.28. The van der Waals surface area contributed by atoms with Crippen LogP contribution in [0.3, 0.4) is 0 Å². The number of amides is 1. The minimum Gasteiger partial charge on any atom is -0.354 e. The number of carbonyl (C=O) groups is 1. The number of rotatable bonds is 5. The Hall–Kier alpha value is -2.03. The number of anilines is 2. The van der Waals surface area contributed by atoms with Gasteiger partial charge in [-0.3, -0.25) is 9.69 Å². The van der Waals surface area contributed by atoms with Crippen LogP contribution in [0.5, 0.6) is 0 Å². The third-order valence-corrected chi connectivity index (χ3v) is 4.52. The number of pyridine rings is 1. The van der Waals surface area contributed by atoms with Gasteiger partial charge < -0.3 is 16.0 Å². The molecule has 3 N–H and O–H groups in total. The van der Waals surface area contributed by atoms with Crippen molar-refractivity contribution in [3.63, 3.8) is 0 Å². The molecule has 0 aromatic carbocycles. The summed E-state index contributed by atoms with van der Waals surface area (Å²) in [5.74, 6) is 0.822. The second-order valence-corrected chi connectivity index (χ2v) is 6.21. The summed E-state index contributed by atoms with van der Waals surface area (Å²) in [6, 6.07) is 5.99. The molecule has 122 valence electrons. The first kappa shape index (κ1) is 15.9. The number of hydrogen-bond donors (Lipinski definition) is 2. The lowest BCUT2D eigenvalue weighted by Crippen LogP contribution is -2.46. The summed E-state index contributed by atoms with van der Waals surface area (Å²) in [5.41, 5.74) is 6.26. The summed E-state index contributed by atoms with van der Waals surface area (Å²) in [6.07, 6.45) is 1.83. The van der Waals surface area contributed by atoms with Crippen molar-refractivity contribution in [2.45, 2.75) is 6.54 Å². The first-order chi connectivity index (χ1) is 11.2. The van der Waals surface area contributed by atoms with E-state index in [9.17, 15) is 4.79 Å². The Morgan fingerprint density at radius 2 is 2.13 bits per heavy atom. The van der Waals surface area contributed by atoms with E-state index >= 15 is 0 Å². The van der Waals surface area contributed by atoms with E-state index in [-0.39, 0.29) is 12.5 Å². The summed E-state index contributed by atoms with van der Waals surface area (Å²) >= 11 is 1.43. The Balaban J connectivity index is 1.50. The second-order valence-electron chi connectivity index (χ2n) is 5.35. The first-order valence-corrected chi connectivity index (χ1v) is 8.45. The molecular formula is C15H20N6OS. The summed E-state index contributed by atoms with van der Waals surface area (Å²) in [7, 11) is 0. The molecule has 7 nitrogen and oxygen atoms in total. The number of thiazole rings is 1. The molecule has 1 amide bonds. The minimum atomic E-state index is -0.213. The zero-order valence-electron chi connectivity index (χ0n) is 12.8. The Morgan fingerprint density at radius 1 is 1.30 bits per heavy atom. The molecule has 0 radical (unpaired) electrons. The molecule has 0 bridgehead atoms. The van der Waals surface area contributed by atoms with Crippen LogP contribution in [0.25, 0.3) is 0 Å². The van der Waals surface area contributed by atoms with Crippen molar-refractivity contribution >= 4 is 28.2 Å². The molecule has 0 aliphatic carbocycles. The van der Waals surface area contributed by atoms with Crippen molar-refractivity contribution < 1.29 is 4.79 Å². The summed E-state index contributed by atoms with van der Waals surface area (Å²) in [4.78, 5) is 24.7. The van der Waals surface area contributed by atoms with Crippen LogP contribution < -0.4 is 16.0 Å². The third kappa shape index (κ3) is 4.25. The van der Waals surface area contributed by atoms with Crippen LogP contribution in [0, 0.1) is 0 Å². The average Bonchev–Trinajstić information content (AvgIpc) is 3.03. The molecular weight excluding hydrogens is 312 g/mol. The van der Waals surface area contributed by atoms with Crippen LogP contribution in [0.4, 0.5) is 10.9 Å². The standard InChI is InChI=1S/C15H20N6OS/c16-9-14(22)19-15-18-12(11-23-15)10-20-5-7-21(8-6-20)13-3-1-2-4-17-13/h1-4,11H,5-10,16H2,(H,18,19,22). The fraction of sp³-hybridized carbons (Fsp3) is 0.400. The van der Waals surface area contributed by atoms with E-state index in [1.807, 2.05) is 29.8 Å². The van der Waals surface area contributed by atoms with E-state index in [0.717, 1.165) is 44.2 Å². The minimum absolute atomic E-state index is 0.0234. The van der Waals surface area contributed by atoms with Crippen LogP contribution in [-0.2, 0) is 11.3 Å². The number of nitrogens with zero attached hydrogens (tertiary/aromatic N) is 4. The number of carbonyl (C=O) groups excluding carboxylic acids is 1. The number of piperazine rings is 1. The van der Waals surface area contributed by atoms with E-state index in [1.165, 1.54) is 11.3 Å². The fourth-order valence-electron chi connectivity index (χ4n) is 2.51. The van der Waals surface area contributed by atoms with Gasteiger partial charge in [-0.15, -0.1) is 11.3 Å². The van der Waals surface area contributed by atoms with Gasteiger partial charge in [-0.2, -0.15) is 0 Å². The largest absolute Gasteiger partial charge is 0.354 e. The molecule has 0 spiro atoms. The van der Waals surface area contributed by atoms with Crippen LogP contribution in [0.15, 0.2) is 29.8 Å². The molecule has 3 rings (SSSR count). The monoisotopic (exact) mass is 332 g/mol. The molecule has 2 aromatic heterocycles. The number of nitrogens with one attached hydrogen (secondary N) is 1. The molecule has 1 fully saturated rings. The van der Waals surface area contributed by atoms with Gasteiger partial charge in [0.05, 0.1) is 12.2 Å². The smallest absolute Gasteiger partial charge is 0.239 e. The Morgan fingerprint density at radius 3 is 2.83 bits per heavy atom. The molecule has 3 heterocycles. The summed E-state index contributed by atoms with van der Waals surface area (Å²) < 4.78 is 0. The predicted molar refractivity (Wildman–Crippen MR) is 91.5 cm³/mol. The van der Waals surface area contributed by atoms with Crippen molar-refractivity contribution in [3.8, 4) is 0 Å². The lowest BCUT2D eigenvalue weighted by Gasteiger charge is -2.35. The average molecular weight is 332 g/mol. The van der Waals surface area contributed by atoms with Gasteiger partial charge in [0.25, 0.3) is 0 Å². The number of hydrogen-bond acceptors (Lipinski definition) is 7. The normalized spacial score (nSPS) is 15.6. The fourth-order valence-corrected chi connectivity index (χ4v) is 3.23. The van der Waals surface area contributed by atoms with Crippen molar-refractivity contribution in [2.75, 3.05) is 42.9 Å². The van der Waals surface area contributed by atoms with E-state index < -0.39 is 0 Å². The Labute approximate surface area is 139 Å². The van der Waals surface area contributed by atoms with Crippen molar-refractivity contribution in [1.82, 2.24) is 14.9 Å². The van der Waals surface area contributed by atoms with E-state index in [2.05, 4.69) is 25.1 Å². The van der Waals surface area contributed by atoms with Crippen LogP contribution >= 0.6 is 11.3 Å². The molecule has 2 aromatic rings. The zero-order chi connectivity index (χ0) is 16.1. The van der Waals surface area contributed by atoms with E-state index in [4.69, 9.17) is 5.73 Å². The van der Waals surface area contributed by atoms with Gasteiger partial charge in [0.15, 0.2) is 5.13 Å². The van der Waals surface area contributed by atoms with Crippen molar-refractivity contribution in [2.24, 2.45) is 5.73 Å². The quantitative estimate of drug-likeness (QED) is 0.840. The molecule has 1 aliphatic heterocycles. The number of nitrogens with two attached hydrogens (primary N) is 1. The van der Waals surface area contributed by atoms with E-state index in [1.54, 1.807) is 0 Å². The van der Waals surface area contributed by atoms with Gasteiger partial charge in [0.2, 0.25) is 5.91 Å². The molecule has 0 atom stereocenters. The first-order valence-electron chi connectivity index (χ1n) is 7.57. The van der Waals surface area contributed by atoms with Crippen LogP contribution in [0.1, 0.15) is 5.69 Å². The molecule has 0 unspecified atom stereocenters. The number of aromatic nitrogens is 2. The lowest BCUT2D eigenvalue weighted by atomic mass is 10.3. The third-order valence-electron chi connectivity index (χ3n) is 3.71. The molecule has 1 aliphatic rings. The van der Waals surface area contributed by atoms with Gasteiger partial charge in [0.1, 0.15) is 5.82 Å². The Bertz CT molecular complexity index is 638. The zero-order valence-corrected chi connectivity index (χ0v) is 13.6. The highest BCUT2D eigenvalue weighted by atomic mass is 32.1. The topological polar surface area (TPSA) is 87.4 Å². The van der Waals surface area contributed by atoms with Crippen LogP contribution in [0.2, 0.25) is 0 Å². The highest BCUT2D eigenvalue weighted by molar-refractivity contribution is 7.13. The molecule has 23 heavy (non-hydrogen) atoms. The molecule has 8 heteroatoms. The van der Waals surface area contributed by atoms with Crippen molar-refractivity contribution in [3.05, 3.63) is 35.5 Å². The van der Waals surface area contributed by atoms with Crippen LogP contribution in [-0.4, -0.2) is 53.5 Å². The van der Waals surface area contributed by atoms with Gasteiger partial charge in [-0.25, -0.2) is 9.97 Å². The maximum Gasteiger partial charge on any atom is 0.239 e. The maximum atomic E-state index is 11.3. The van der Waals surface area contributed by atoms with Gasteiger partial charge in [-0.1, -0.05) is 6.07 Å². The second kappa shape index (κ2) is 7.49. The molecule has 0 saturated carbocycles. The van der Waals surface area contributed by atoms with Crippen molar-refractivity contribution in [1.29, 1.82) is 0 Å². The predicted octanol–water partition coefficient (Wildman–Crippen LogP) is 0.757. The highest BCUT2D eigenvalue weighted by Crippen LogP contribution is 2.18. The van der Waals surface area contributed by atoms with Gasteiger partial charge >= 0.3 is 0 Å². The van der Waals surface area contributed by atoms with E-state index in [0.29, 0.717) is 5.13 Å². The highest BCUT2D eigenvalue weighted by Gasteiger charge is 2.18. The lowest BCUT2D eigenvalue weighted by molar-refractivity contribution is -0.114. The maximum absolute atomic E-state index is 11.3. The molecule has 1 saturated heterocycles. The van der Waals surface area contributed by atoms with Gasteiger partial charge in [0, 0.05) is 44.3 Å².